The third-order valence-electron chi connectivity index (χ3n) is 1.78. The van der Waals surface area contributed by atoms with E-state index >= 15 is 0 Å². The predicted molar refractivity (Wildman–Crippen MR) is 54.7 cm³/mol. The maximum absolute atomic E-state index is 10.2. The molecule has 0 aromatic heterocycles. The van der Waals surface area contributed by atoms with Crippen molar-refractivity contribution in [1.29, 1.82) is 0 Å². The van der Waals surface area contributed by atoms with Gasteiger partial charge in [-0.1, -0.05) is 32.4 Å². The lowest BCUT2D eigenvalue weighted by atomic mass is 10.1. The number of carboxylic acids is 1. The van der Waals surface area contributed by atoms with Gasteiger partial charge in [-0.15, -0.1) is 0 Å². The van der Waals surface area contributed by atoms with Crippen molar-refractivity contribution >= 4 is 5.97 Å². The van der Waals surface area contributed by atoms with Gasteiger partial charge in [0.05, 0.1) is 0 Å². The highest BCUT2D eigenvalue weighted by Crippen LogP contribution is 2.04. The number of carboxylic acid groups (broad SMARTS) is 1. The molecule has 0 bridgehead atoms. The molecule has 0 aromatic rings. The lowest BCUT2D eigenvalue weighted by Gasteiger charge is -1.96. The summed E-state index contributed by atoms with van der Waals surface area (Å²) in [7, 11) is 0. The molecule has 0 aliphatic carbocycles. The fraction of sp³-hybridized carbons (Fsp3) is 0.727. The Labute approximate surface area is 80.7 Å². The van der Waals surface area contributed by atoms with E-state index in [2.05, 4.69) is 26.0 Å². The van der Waals surface area contributed by atoms with Crippen molar-refractivity contribution in [2.24, 2.45) is 5.92 Å². The van der Waals surface area contributed by atoms with Gasteiger partial charge in [0, 0.05) is 6.42 Å². The van der Waals surface area contributed by atoms with Gasteiger partial charge in [-0.05, 0) is 25.2 Å². The molecule has 1 N–H and O–H groups in total. The first-order valence-electron chi connectivity index (χ1n) is 5.01. The van der Waals surface area contributed by atoms with Crippen molar-refractivity contribution < 1.29 is 9.90 Å². The van der Waals surface area contributed by atoms with Crippen LogP contribution in [0.1, 0.15) is 46.0 Å². The minimum absolute atomic E-state index is 0.313. The SMILES string of the molecule is CC(C)C=CCCCCCC(=O)O. The van der Waals surface area contributed by atoms with Crippen molar-refractivity contribution in [3.05, 3.63) is 12.2 Å². The Balaban J connectivity index is 3.12. The van der Waals surface area contributed by atoms with Crippen LogP contribution >= 0.6 is 0 Å². The van der Waals surface area contributed by atoms with Gasteiger partial charge in [-0.3, -0.25) is 4.79 Å². The summed E-state index contributed by atoms with van der Waals surface area (Å²) in [6.45, 7) is 4.31. The van der Waals surface area contributed by atoms with Crippen molar-refractivity contribution in [3.63, 3.8) is 0 Å². The molecule has 0 aliphatic heterocycles. The molecule has 0 fully saturated rings. The molecule has 0 amide bonds. The summed E-state index contributed by atoms with van der Waals surface area (Å²) >= 11 is 0. The van der Waals surface area contributed by atoms with Crippen LogP contribution in [-0.4, -0.2) is 11.1 Å². The van der Waals surface area contributed by atoms with E-state index < -0.39 is 5.97 Å². The number of unbranched alkanes of at least 4 members (excludes halogenated alkanes) is 3. The molecule has 0 aliphatic rings. The highest BCUT2D eigenvalue weighted by atomic mass is 16.4. The standard InChI is InChI=1S/C11H20O2/c1-10(2)8-6-4-3-5-7-9-11(12)13/h6,8,10H,3-5,7,9H2,1-2H3,(H,12,13). The van der Waals surface area contributed by atoms with Gasteiger partial charge in [-0.2, -0.15) is 0 Å². The average Bonchev–Trinajstić information content (AvgIpc) is 2.01. The van der Waals surface area contributed by atoms with E-state index in [4.69, 9.17) is 5.11 Å². The van der Waals surface area contributed by atoms with Gasteiger partial charge in [0.2, 0.25) is 0 Å². The Morgan fingerprint density at radius 2 is 2.00 bits per heavy atom. The van der Waals surface area contributed by atoms with Crippen LogP contribution < -0.4 is 0 Å². The van der Waals surface area contributed by atoms with E-state index in [0.29, 0.717) is 12.3 Å². The molecule has 0 atom stereocenters. The molecule has 2 heteroatoms. The van der Waals surface area contributed by atoms with Gasteiger partial charge in [0.25, 0.3) is 0 Å². The molecule has 0 heterocycles. The van der Waals surface area contributed by atoms with Crippen molar-refractivity contribution in [3.8, 4) is 0 Å². The third-order valence-corrected chi connectivity index (χ3v) is 1.78. The number of allylic oxidation sites excluding steroid dienone is 2. The monoisotopic (exact) mass is 184 g/mol. The molecule has 13 heavy (non-hydrogen) atoms. The normalized spacial score (nSPS) is 11.3. The Kier molecular flexibility index (Phi) is 7.36. The van der Waals surface area contributed by atoms with Crippen LogP contribution in [0.4, 0.5) is 0 Å². The first-order valence-corrected chi connectivity index (χ1v) is 5.01. The summed E-state index contributed by atoms with van der Waals surface area (Å²) in [5.74, 6) is -0.0586. The Bertz CT molecular complexity index is 159. The van der Waals surface area contributed by atoms with Gasteiger partial charge in [-0.25, -0.2) is 0 Å². The number of rotatable bonds is 7. The van der Waals surface area contributed by atoms with Crippen LogP contribution in [0.2, 0.25) is 0 Å². The van der Waals surface area contributed by atoms with E-state index in [1.54, 1.807) is 0 Å². The smallest absolute Gasteiger partial charge is 0.303 e. The summed E-state index contributed by atoms with van der Waals surface area (Å²) in [6, 6.07) is 0. The molecule has 76 valence electrons. The van der Waals surface area contributed by atoms with Crippen molar-refractivity contribution in [2.75, 3.05) is 0 Å². The van der Waals surface area contributed by atoms with E-state index in [1.807, 2.05) is 0 Å². The molecule has 0 saturated heterocycles. The second kappa shape index (κ2) is 7.84. The zero-order chi connectivity index (χ0) is 10.1. The molecule has 0 spiro atoms. The minimum atomic E-state index is -0.683. The van der Waals surface area contributed by atoms with E-state index in [-0.39, 0.29) is 0 Å². The maximum atomic E-state index is 10.2. The van der Waals surface area contributed by atoms with Crippen LogP contribution in [0.25, 0.3) is 0 Å². The second-order valence-electron chi connectivity index (χ2n) is 3.67. The molecule has 0 unspecified atom stereocenters. The summed E-state index contributed by atoms with van der Waals surface area (Å²) in [5.41, 5.74) is 0. The first kappa shape index (κ1) is 12.2. The molecule has 0 rings (SSSR count). The van der Waals surface area contributed by atoms with E-state index in [0.717, 1.165) is 25.7 Å². The highest BCUT2D eigenvalue weighted by molar-refractivity contribution is 5.66. The zero-order valence-electron chi connectivity index (χ0n) is 8.62. The van der Waals surface area contributed by atoms with Gasteiger partial charge in [0.1, 0.15) is 0 Å². The average molecular weight is 184 g/mol. The van der Waals surface area contributed by atoms with Gasteiger partial charge in [0.15, 0.2) is 0 Å². The third kappa shape index (κ3) is 11.2. The summed E-state index contributed by atoms with van der Waals surface area (Å²) < 4.78 is 0. The maximum Gasteiger partial charge on any atom is 0.303 e. The number of carbonyl (C=O) groups is 1. The number of hydrogen-bond acceptors (Lipinski definition) is 1. The van der Waals surface area contributed by atoms with Crippen molar-refractivity contribution in [2.45, 2.75) is 46.0 Å². The summed E-state index contributed by atoms with van der Waals surface area (Å²) in [5, 5.41) is 8.37. The quantitative estimate of drug-likeness (QED) is 0.487. The molecule has 0 saturated carbocycles. The largest absolute Gasteiger partial charge is 0.481 e. The minimum Gasteiger partial charge on any atom is -0.481 e. The van der Waals surface area contributed by atoms with Crippen LogP contribution in [-0.2, 0) is 4.79 Å². The van der Waals surface area contributed by atoms with Crippen LogP contribution in [0.5, 0.6) is 0 Å². The summed E-state index contributed by atoms with van der Waals surface area (Å²) in [4.78, 5) is 10.2. The number of aliphatic carboxylic acids is 1. The van der Waals surface area contributed by atoms with Gasteiger partial charge < -0.3 is 5.11 Å². The van der Waals surface area contributed by atoms with Crippen molar-refractivity contribution in [1.82, 2.24) is 0 Å². The topological polar surface area (TPSA) is 37.3 Å². The van der Waals surface area contributed by atoms with E-state index in [1.165, 1.54) is 0 Å². The van der Waals surface area contributed by atoms with Crippen LogP contribution in [0, 0.1) is 5.92 Å². The molecular weight excluding hydrogens is 164 g/mol. The lowest BCUT2D eigenvalue weighted by molar-refractivity contribution is -0.137. The fourth-order valence-electron chi connectivity index (χ4n) is 1.08. The number of hydrogen-bond donors (Lipinski definition) is 1. The first-order chi connectivity index (χ1) is 6.13. The Hall–Kier alpha value is -0.790. The lowest BCUT2D eigenvalue weighted by Crippen LogP contribution is -1.93. The molecule has 2 nitrogen and oxygen atoms in total. The molecule has 0 aromatic carbocycles. The molecule has 0 radical (unpaired) electrons. The summed E-state index contributed by atoms with van der Waals surface area (Å²) in [6.07, 6.45) is 8.71. The Morgan fingerprint density at radius 1 is 1.31 bits per heavy atom. The van der Waals surface area contributed by atoms with Crippen LogP contribution in [0.15, 0.2) is 12.2 Å². The van der Waals surface area contributed by atoms with Gasteiger partial charge >= 0.3 is 5.97 Å². The predicted octanol–water partition coefficient (Wildman–Crippen LogP) is 3.23. The fourth-order valence-corrected chi connectivity index (χ4v) is 1.08. The highest BCUT2D eigenvalue weighted by Gasteiger charge is 1.94. The molecular formula is C11H20O2. The second-order valence-corrected chi connectivity index (χ2v) is 3.67. The zero-order valence-corrected chi connectivity index (χ0v) is 8.62. The Morgan fingerprint density at radius 3 is 2.54 bits per heavy atom. The van der Waals surface area contributed by atoms with Crippen LogP contribution in [0.3, 0.4) is 0 Å². The van der Waals surface area contributed by atoms with E-state index in [9.17, 15) is 4.79 Å².